The average Bonchev–Trinajstić information content (AvgIpc) is 2.94. The highest BCUT2D eigenvalue weighted by Gasteiger charge is 2.06. The van der Waals surface area contributed by atoms with Gasteiger partial charge in [-0.1, -0.05) is 30.3 Å². The number of benzene rings is 1. The van der Waals surface area contributed by atoms with E-state index in [1.54, 1.807) is 12.5 Å². The van der Waals surface area contributed by atoms with Crippen LogP contribution in [-0.4, -0.2) is 15.0 Å². The van der Waals surface area contributed by atoms with Crippen LogP contribution in [0.3, 0.4) is 0 Å². The van der Waals surface area contributed by atoms with Gasteiger partial charge in [0.25, 0.3) is 0 Å². The molecule has 0 atom stereocenters. The third-order valence-electron chi connectivity index (χ3n) is 2.38. The Hall–Kier alpha value is -2.49. The van der Waals surface area contributed by atoms with E-state index < -0.39 is 0 Å². The monoisotopic (exact) mass is 223 g/mol. The molecule has 0 N–H and O–H groups in total. The van der Waals surface area contributed by atoms with Crippen molar-refractivity contribution in [2.75, 3.05) is 0 Å². The molecule has 0 bridgehead atoms. The minimum atomic E-state index is 0.618. The first kappa shape index (κ1) is 9.72. The number of furan rings is 1. The van der Waals surface area contributed by atoms with E-state index in [1.165, 1.54) is 6.33 Å². The Balaban J connectivity index is 2.06. The maximum atomic E-state index is 5.01. The highest BCUT2D eigenvalue weighted by atomic mass is 16.3. The first-order chi connectivity index (χ1) is 8.43. The van der Waals surface area contributed by atoms with E-state index in [9.17, 15) is 0 Å². The van der Waals surface area contributed by atoms with Gasteiger partial charge in [-0.05, 0) is 6.07 Å². The highest BCUT2D eigenvalue weighted by Crippen LogP contribution is 2.18. The Kier molecular flexibility index (Phi) is 2.38. The zero-order chi connectivity index (χ0) is 11.5. The second kappa shape index (κ2) is 4.17. The second-order valence-electron chi connectivity index (χ2n) is 3.51. The van der Waals surface area contributed by atoms with Gasteiger partial charge in [-0.25, -0.2) is 15.0 Å². The van der Waals surface area contributed by atoms with Gasteiger partial charge in [0.2, 0.25) is 0 Å². The Bertz CT molecular complexity index is 606. The molecule has 82 valence electrons. The van der Waals surface area contributed by atoms with E-state index in [-0.39, 0.29) is 0 Å². The van der Waals surface area contributed by atoms with Crippen LogP contribution in [0.25, 0.3) is 22.8 Å². The Morgan fingerprint density at radius 3 is 2.29 bits per heavy atom. The number of nitrogens with zero attached hydrogens (tertiary/aromatic N) is 3. The van der Waals surface area contributed by atoms with Crippen molar-refractivity contribution < 1.29 is 4.42 Å². The number of rotatable bonds is 2. The summed E-state index contributed by atoms with van der Waals surface area (Å²) < 4.78 is 5.01. The van der Waals surface area contributed by atoms with Crippen molar-refractivity contribution in [3.8, 4) is 22.8 Å². The molecule has 4 nitrogen and oxygen atoms in total. The summed E-state index contributed by atoms with van der Waals surface area (Å²) >= 11 is 0. The molecule has 0 amide bonds. The summed E-state index contributed by atoms with van der Waals surface area (Å²) in [6, 6.07) is 11.6. The van der Waals surface area contributed by atoms with Crippen LogP contribution in [-0.2, 0) is 0 Å². The summed E-state index contributed by atoms with van der Waals surface area (Å²) in [5.41, 5.74) is 1.82. The first-order valence-corrected chi connectivity index (χ1v) is 5.20. The van der Waals surface area contributed by atoms with Crippen molar-refractivity contribution in [1.29, 1.82) is 0 Å². The fourth-order valence-corrected chi connectivity index (χ4v) is 1.55. The van der Waals surface area contributed by atoms with E-state index in [4.69, 9.17) is 4.42 Å². The predicted octanol–water partition coefficient (Wildman–Crippen LogP) is 2.80. The molecule has 0 aliphatic heterocycles. The third-order valence-corrected chi connectivity index (χ3v) is 2.38. The Morgan fingerprint density at radius 2 is 1.59 bits per heavy atom. The van der Waals surface area contributed by atoms with Crippen LogP contribution < -0.4 is 0 Å². The molecule has 0 spiro atoms. The molecule has 3 rings (SSSR count). The summed E-state index contributed by atoms with van der Waals surface area (Å²) in [6.07, 6.45) is 4.73. The maximum absolute atomic E-state index is 5.01. The summed E-state index contributed by atoms with van der Waals surface area (Å²) in [6.45, 7) is 0. The van der Waals surface area contributed by atoms with Gasteiger partial charge in [0.05, 0.1) is 11.8 Å². The Morgan fingerprint density at radius 1 is 0.824 bits per heavy atom. The molecule has 4 heteroatoms. The molecule has 0 fully saturated rings. The van der Waals surface area contributed by atoms with Crippen LogP contribution in [0.5, 0.6) is 0 Å². The standard InChI is InChI=1S/C13H9N3O/c1-2-4-10(5-3-1)12-14-9-15-13(16-12)11-6-7-17-8-11/h1-9H. The van der Waals surface area contributed by atoms with Gasteiger partial charge in [-0.15, -0.1) is 0 Å². The molecular weight excluding hydrogens is 214 g/mol. The van der Waals surface area contributed by atoms with Gasteiger partial charge in [0.15, 0.2) is 11.6 Å². The molecule has 1 aromatic carbocycles. The van der Waals surface area contributed by atoms with E-state index >= 15 is 0 Å². The molecule has 0 aliphatic carbocycles. The second-order valence-corrected chi connectivity index (χ2v) is 3.51. The highest BCUT2D eigenvalue weighted by molar-refractivity contribution is 5.59. The van der Waals surface area contributed by atoms with Crippen molar-refractivity contribution in [3.05, 3.63) is 55.3 Å². The fourth-order valence-electron chi connectivity index (χ4n) is 1.55. The lowest BCUT2D eigenvalue weighted by Crippen LogP contribution is -1.93. The van der Waals surface area contributed by atoms with Crippen LogP contribution >= 0.6 is 0 Å². The molecule has 17 heavy (non-hydrogen) atoms. The molecule has 0 aliphatic rings. The van der Waals surface area contributed by atoms with Gasteiger partial charge in [0, 0.05) is 5.56 Å². The van der Waals surface area contributed by atoms with Gasteiger partial charge in [0.1, 0.15) is 12.6 Å². The van der Waals surface area contributed by atoms with E-state index in [0.717, 1.165) is 11.1 Å². The summed E-state index contributed by atoms with van der Waals surface area (Å²) in [4.78, 5) is 12.7. The number of hydrogen-bond donors (Lipinski definition) is 0. The fraction of sp³-hybridized carbons (Fsp3) is 0. The molecule has 0 radical (unpaired) electrons. The number of aromatic nitrogens is 3. The SMILES string of the molecule is c1ccc(-c2ncnc(-c3ccoc3)n2)cc1. The largest absolute Gasteiger partial charge is 0.472 e. The van der Waals surface area contributed by atoms with Crippen molar-refractivity contribution in [2.24, 2.45) is 0 Å². The minimum absolute atomic E-state index is 0.618. The van der Waals surface area contributed by atoms with Gasteiger partial charge < -0.3 is 4.42 Å². The van der Waals surface area contributed by atoms with Crippen molar-refractivity contribution >= 4 is 0 Å². The van der Waals surface area contributed by atoms with Crippen LogP contribution in [0.4, 0.5) is 0 Å². The van der Waals surface area contributed by atoms with Crippen molar-refractivity contribution in [2.45, 2.75) is 0 Å². The molecule has 0 saturated carbocycles. The summed E-state index contributed by atoms with van der Waals surface area (Å²) in [7, 11) is 0. The van der Waals surface area contributed by atoms with Crippen LogP contribution in [0.2, 0.25) is 0 Å². The topological polar surface area (TPSA) is 51.8 Å². The minimum Gasteiger partial charge on any atom is -0.472 e. The van der Waals surface area contributed by atoms with Gasteiger partial charge in [-0.3, -0.25) is 0 Å². The zero-order valence-corrected chi connectivity index (χ0v) is 8.95. The lowest BCUT2D eigenvalue weighted by Gasteiger charge is -2.00. The lowest BCUT2D eigenvalue weighted by molar-refractivity contribution is 0.568. The van der Waals surface area contributed by atoms with E-state index in [2.05, 4.69) is 15.0 Å². The van der Waals surface area contributed by atoms with Crippen LogP contribution in [0.15, 0.2) is 59.7 Å². The summed E-state index contributed by atoms with van der Waals surface area (Å²) in [5.74, 6) is 1.28. The van der Waals surface area contributed by atoms with Gasteiger partial charge in [-0.2, -0.15) is 0 Å². The number of hydrogen-bond acceptors (Lipinski definition) is 4. The van der Waals surface area contributed by atoms with Crippen LogP contribution in [0, 0.1) is 0 Å². The smallest absolute Gasteiger partial charge is 0.166 e. The predicted molar refractivity (Wildman–Crippen MR) is 63.0 cm³/mol. The Labute approximate surface area is 98.0 Å². The molecule has 2 heterocycles. The quantitative estimate of drug-likeness (QED) is 0.670. The zero-order valence-electron chi connectivity index (χ0n) is 8.95. The van der Waals surface area contributed by atoms with E-state index in [0.29, 0.717) is 11.6 Å². The maximum Gasteiger partial charge on any atom is 0.166 e. The molecule has 3 aromatic rings. The average molecular weight is 223 g/mol. The molecule has 0 saturated heterocycles. The van der Waals surface area contributed by atoms with E-state index in [1.807, 2.05) is 36.4 Å². The molecular formula is C13H9N3O. The lowest BCUT2D eigenvalue weighted by atomic mass is 10.2. The van der Waals surface area contributed by atoms with Gasteiger partial charge >= 0.3 is 0 Å². The van der Waals surface area contributed by atoms with Crippen molar-refractivity contribution in [3.63, 3.8) is 0 Å². The molecule has 2 aromatic heterocycles. The normalized spacial score (nSPS) is 10.4. The molecule has 0 unspecified atom stereocenters. The van der Waals surface area contributed by atoms with Crippen LogP contribution in [0.1, 0.15) is 0 Å². The third kappa shape index (κ3) is 1.92. The van der Waals surface area contributed by atoms with Crippen molar-refractivity contribution in [1.82, 2.24) is 15.0 Å². The summed E-state index contributed by atoms with van der Waals surface area (Å²) in [5, 5.41) is 0. The first-order valence-electron chi connectivity index (χ1n) is 5.20.